The summed E-state index contributed by atoms with van der Waals surface area (Å²) in [6.07, 6.45) is 1.75. The molecule has 1 rings (SSSR count). The van der Waals surface area contributed by atoms with Crippen LogP contribution in [-0.2, 0) is 4.74 Å². The molecular weight excluding hydrogens is 298 g/mol. The van der Waals surface area contributed by atoms with Crippen LogP contribution in [0.5, 0.6) is 5.75 Å². The van der Waals surface area contributed by atoms with Crippen molar-refractivity contribution in [3.63, 3.8) is 0 Å². The fourth-order valence-electron chi connectivity index (χ4n) is 1.48. The highest BCUT2D eigenvalue weighted by Gasteiger charge is 2.13. The smallest absolute Gasteiger partial charge is 0.341 e. The van der Waals surface area contributed by atoms with Gasteiger partial charge in [-0.15, -0.1) is 0 Å². The molecule has 100 valence electrons. The van der Waals surface area contributed by atoms with Gasteiger partial charge < -0.3 is 15.2 Å². The van der Waals surface area contributed by atoms with Crippen molar-refractivity contribution in [2.24, 2.45) is 5.73 Å². The molecule has 1 unspecified atom stereocenters. The lowest BCUT2D eigenvalue weighted by Gasteiger charge is -2.11. The Bertz CT molecular complexity index is 407. The predicted octanol–water partition coefficient (Wildman–Crippen LogP) is 2.74. The van der Waals surface area contributed by atoms with Crippen molar-refractivity contribution in [1.29, 1.82) is 0 Å². The van der Waals surface area contributed by atoms with Crippen molar-refractivity contribution in [1.82, 2.24) is 0 Å². The number of nitrogens with two attached hydrogens (primary N) is 1. The van der Waals surface area contributed by atoms with Crippen molar-refractivity contribution >= 4 is 21.9 Å². The van der Waals surface area contributed by atoms with E-state index < -0.39 is 5.97 Å². The molecule has 1 atom stereocenters. The number of rotatable bonds is 6. The Hall–Kier alpha value is -1.07. The summed E-state index contributed by atoms with van der Waals surface area (Å²) >= 11 is 3.31. The lowest BCUT2D eigenvalue weighted by Crippen LogP contribution is -2.16. The molecule has 0 radical (unpaired) electrons. The third kappa shape index (κ3) is 4.66. The van der Waals surface area contributed by atoms with Gasteiger partial charge >= 0.3 is 5.97 Å². The van der Waals surface area contributed by atoms with Gasteiger partial charge in [-0.3, -0.25) is 0 Å². The zero-order chi connectivity index (χ0) is 13.5. The Labute approximate surface area is 116 Å². The van der Waals surface area contributed by atoms with Gasteiger partial charge in [0.2, 0.25) is 0 Å². The highest BCUT2D eigenvalue weighted by atomic mass is 79.9. The van der Waals surface area contributed by atoms with Crippen LogP contribution in [0.25, 0.3) is 0 Å². The maximum atomic E-state index is 11.6. The second-order valence-corrected chi connectivity index (χ2v) is 5.02. The van der Waals surface area contributed by atoms with Crippen LogP contribution in [0.15, 0.2) is 22.7 Å². The van der Waals surface area contributed by atoms with Gasteiger partial charge in [-0.25, -0.2) is 4.79 Å². The first-order chi connectivity index (χ1) is 8.54. The van der Waals surface area contributed by atoms with Crippen molar-refractivity contribution in [2.45, 2.75) is 25.8 Å². The molecule has 0 aromatic heterocycles. The molecule has 5 heteroatoms. The minimum absolute atomic E-state index is 0.165. The van der Waals surface area contributed by atoms with Gasteiger partial charge in [0.15, 0.2) is 0 Å². The summed E-state index contributed by atoms with van der Waals surface area (Å²) in [4.78, 5) is 11.6. The highest BCUT2D eigenvalue weighted by Crippen LogP contribution is 2.24. The Morgan fingerprint density at radius 1 is 1.50 bits per heavy atom. The second kappa shape index (κ2) is 7.38. The number of hydrogen-bond donors (Lipinski definition) is 1. The molecule has 1 aromatic carbocycles. The molecule has 4 nitrogen and oxygen atoms in total. The van der Waals surface area contributed by atoms with Gasteiger partial charge in [-0.1, -0.05) is 15.9 Å². The molecule has 0 bridgehead atoms. The molecule has 1 aromatic rings. The van der Waals surface area contributed by atoms with Crippen LogP contribution in [0.4, 0.5) is 0 Å². The monoisotopic (exact) mass is 315 g/mol. The summed E-state index contributed by atoms with van der Waals surface area (Å²) in [6.45, 7) is 2.49. The van der Waals surface area contributed by atoms with Crippen LogP contribution in [0, 0.1) is 0 Å². The zero-order valence-electron chi connectivity index (χ0n) is 10.6. The second-order valence-electron chi connectivity index (χ2n) is 4.10. The average Bonchev–Trinajstić information content (AvgIpc) is 2.34. The van der Waals surface area contributed by atoms with Crippen LogP contribution in [-0.4, -0.2) is 25.7 Å². The average molecular weight is 316 g/mol. The van der Waals surface area contributed by atoms with Gasteiger partial charge in [0, 0.05) is 10.5 Å². The predicted molar refractivity (Wildman–Crippen MR) is 73.9 cm³/mol. The summed E-state index contributed by atoms with van der Waals surface area (Å²) in [7, 11) is 1.35. The van der Waals surface area contributed by atoms with Gasteiger partial charge in [-0.05, 0) is 38.0 Å². The number of methoxy groups -OCH3 is 1. The van der Waals surface area contributed by atoms with Crippen molar-refractivity contribution in [3.8, 4) is 5.75 Å². The van der Waals surface area contributed by atoms with E-state index in [1.165, 1.54) is 7.11 Å². The Morgan fingerprint density at radius 3 is 2.83 bits per heavy atom. The fourth-order valence-corrected chi connectivity index (χ4v) is 1.85. The number of esters is 1. The van der Waals surface area contributed by atoms with Gasteiger partial charge in [0.25, 0.3) is 0 Å². The molecule has 0 heterocycles. The Kier molecular flexibility index (Phi) is 6.15. The molecule has 0 aliphatic carbocycles. The summed E-state index contributed by atoms with van der Waals surface area (Å²) in [5, 5.41) is 0. The van der Waals surface area contributed by atoms with Crippen LogP contribution in [0.3, 0.4) is 0 Å². The maximum Gasteiger partial charge on any atom is 0.341 e. The van der Waals surface area contributed by atoms with E-state index in [4.69, 9.17) is 15.2 Å². The quantitative estimate of drug-likeness (QED) is 0.647. The lowest BCUT2D eigenvalue weighted by atomic mass is 10.2. The summed E-state index contributed by atoms with van der Waals surface area (Å²) in [6, 6.07) is 5.43. The van der Waals surface area contributed by atoms with Crippen molar-refractivity contribution in [3.05, 3.63) is 28.2 Å². The largest absolute Gasteiger partial charge is 0.493 e. The van der Waals surface area contributed by atoms with E-state index in [0.29, 0.717) is 17.9 Å². The molecule has 0 saturated carbocycles. The van der Waals surface area contributed by atoms with Crippen LogP contribution in [0.1, 0.15) is 30.1 Å². The molecule has 0 spiro atoms. The standard InChI is InChI=1S/C13H18BrNO3/c1-9(15)4-3-7-18-12-6-5-10(14)8-11(12)13(16)17-2/h5-6,8-9H,3-4,7,15H2,1-2H3. The third-order valence-corrected chi connectivity index (χ3v) is 2.90. The minimum atomic E-state index is -0.404. The molecule has 2 N–H and O–H groups in total. The summed E-state index contributed by atoms with van der Waals surface area (Å²) in [5.74, 6) is 0.133. The van der Waals surface area contributed by atoms with Crippen molar-refractivity contribution in [2.75, 3.05) is 13.7 Å². The third-order valence-electron chi connectivity index (χ3n) is 2.41. The number of benzene rings is 1. The van der Waals surface area contributed by atoms with Crippen molar-refractivity contribution < 1.29 is 14.3 Å². The first-order valence-corrected chi connectivity index (χ1v) is 6.60. The van der Waals surface area contributed by atoms with Crippen LogP contribution >= 0.6 is 15.9 Å². The van der Waals surface area contributed by atoms with E-state index in [-0.39, 0.29) is 6.04 Å². The van der Waals surface area contributed by atoms with Crippen LogP contribution < -0.4 is 10.5 Å². The number of carbonyl (C=O) groups excluding carboxylic acids is 1. The molecular formula is C13H18BrNO3. The highest BCUT2D eigenvalue weighted by molar-refractivity contribution is 9.10. The Balaban J connectivity index is 2.66. The lowest BCUT2D eigenvalue weighted by molar-refractivity contribution is 0.0596. The number of halogens is 1. The molecule has 0 amide bonds. The molecule has 0 aliphatic heterocycles. The van der Waals surface area contributed by atoms with Gasteiger partial charge in [0.05, 0.1) is 13.7 Å². The fraction of sp³-hybridized carbons (Fsp3) is 0.462. The van der Waals surface area contributed by atoms with E-state index in [0.717, 1.165) is 17.3 Å². The minimum Gasteiger partial charge on any atom is -0.493 e. The zero-order valence-corrected chi connectivity index (χ0v) is 12.2. The molecule has 18 heavy (non-hydrogen) atoms. The maximum absolute atomic E-state index is 11.6. The van der Waals surface area contributed by atoms with E-state index in [1.54, 1.807) is 12.1 Å². The number of hydrogen-bond acceptors (Lipinski definition) is 4. The van der Waals surface area contributed by atoms with Gasteiger partial charge in [-0.2, -0.15) is 0 Å². The normalized spacial score (nSPS) is 12.0. The first kappa shape index (κ1) is 15.0. The van der Waals surface area contributed by atoms with Crippen LogP contribution in [0.2, 0.25) is 0 Å². The molecule has 0 aliphatic rings. The van der Waals surface area contributed by atoms with E-state index in [9.17, 15) is 4.79 Å². The summed E-state index contributed by atoms with van der Waals surface area (Å²) in [5.41, 5.74) is 6.08. The summed E-state index contributed by atoms with van der Waals surface area (Å²) < 4.78 is 11.1. The van der Waals surface area contributed by atoms with E-state index in [1.807, 2.05) is 13.0 Å². The first-order valence-electron chi connectivity index (χ1n) is 5.81. The SMILES string of the molecule is COC(=O)c1cc(Br)ccc1OCCCC(C)N. The molecule has 0 saturated heterocycles. The Morgan fingerprint density at radius 2 is 2.22 bits per heavy atom. The van der Waals surface area contributed by atoms with E-state index in [2.05, 4.69) is 15.9 Å². The molecule has 0 fully saturated rings. The van der Waals surface area contributed by atoms with Gasteiger partial charge in [0.1, 0.15) is 11.3 Å². The topological polar surface area (TPSA) is 61.5 Å². The number of carbonyl (C=O) groups is 1. The van der Waals surface area contributed by atoms with E-state index >= 15 is 0 Å². The number of ether oxygens (including phenoxy) is 2.